The van der Waals surface area contributed by atoms with Crippen molar-refractivity contribution >= 4 is 11.9 Å². The molecule has 1 amide bonds. The predicted octanol–water partition coefficient (Wildman–Crippen LogP) is 1.21. The Kier molecular flexibility index (Phi) is 6.12. The van der Waals surface area contributed by atoms with Crippen molar-refractivity contribution in [2.24, 2.45) is 5.92 Å². The molecule has 1 unspecified atom stereocenters. The number of ether oxygens (including phenoxy) is 2. The van der Waals surface area contributed by atoms with Crippen molar-refractivity contribution in [1.29, 1.82) is 0 Å². The molecule has 0 N–H and O–H groups in total. The van der Waals surface area contributed by atoms with Gasteiger partial charge >= 0.3 is 5.97 Å². The van der Waals surface area contributed by atoms with Gasteiger partial charge in [0, 0.05) is 19.0 Å². The Morgan fingerprint density at radius 1 is 1.39 bits per heavy atom. The number of rotatable bonds is 5. The van der Waals surface area contributed by atoms with Gasteiger partial charge in [0.25, 0.3) is 0 Å². The highest BCUT2D eigenvalue weighted by atomic mass is 16.5. The summed E-state index contributed by atoms with van der Waals surface area (Å²) < 4.78 is 10.1. The van der Waals surface area contributed by atoms with Gasteiger partial charge in [-0.3, -0.25) is 9.59 Å². The van der Waals surface area contributed by atoms with Gasteiger partial charge in [0.2, 0.25) is 5.91 Å². The zero-order valence-corrected chi connectivity index (χ0v) is 11.5. The van der Waals surface area contributed by atoms with Gasteiger partial charge in [-0.15, -0.1) is 0 Å². The molecular weight excluding hydrogens is 234 g/mol. The van der Waals surface area contributed by atoms with E-state index in [2.05, 4.69) is 4.74 Å². The van der Waals surface area contributed by atoms with Crippen LogP contribution in [-0.2, 0) is 19.1 Å². The molecule has 5 nitrogen and oxygen atoms in total. The monoisotopic (exact) mass is 257 g/mol. The average Bonchev–Trinajstić information content (AvgIpc) is 2.40. The number of morpholine rings is 1. The molecule has 1 atom stereocenters. The minimum Gasteiger partial charge on any atom is -0.469 e. The number of methoxy groups -OCH3 is 1. The maximum absolute atomic E-state index is 12.2. The van der Waals surface area contributed by atoms with Crippen molar-refractivity contribution in [1.82, 2.24) is 4.90 Å². The average molecular weight is 257 g/mol. The molecule has 104 valence electrons. The van der Waals surface area contributed by atoms with Gasteiger partial charge in [0.15, 0.2) is 0 Å². The lowest BCUT2D eigenvalue weighted by Gasteiger charge is -2.34. The minimum atomic E-state index is -0.295. The number of carbonyl (C=O) groups excluding carboxylic acids is 2. The first-order valence-electron chi connectivity index (χ1n) is 6.59. The number of esters is 1. The first kappa shape index (κ1) is 15.0. The summed E-state index contributed by atoms with van der Waals surface area (Å²) in [6, 6.07) is 0. The van der Waals surface area contributed by atoms with Gasteiger partial charge < -0.3 is 14.4 Å². The molecule has 1 fully saturated rings. The molecule has 1 heterocycles. The predicted molar refractivity (Wildman–Crippen MR) is 67.0 cm³/mol. The van der Waals surface area contributed by atoms with Crippen LogP contribution in [0.5, 0.6) is 0 Å². The molecule has 0 aromatic heterocycles. The Morgan fingerprint density at radius 2 is 2.06 bits per heavy atom. The van der Waals surface area contributed by atoms with Crippen LogP contribution >= 0.6 is 0 Å². The van der Waals surface area contributed by atoms with Gasteiger partial charge in [-0.25, -0.2) is 0 Å². The first-order chi connectivity index (χ1) is 8.62. The number of hydrogen-bond donors (Lipinski definition) is 0. The molecule has 0 radical (unpaired) electrons. The molecular formula is C13H23NO4. The van der Waals surface area contributed by atoms with Crippen molar-refractivity contribution in [3.05, 3.63) is 0 Å². The summed E-state index contributed by atoms with van der Waals surface area (Å²) in [5.41, 5.74) is 0. The van der Waals surface area contributed by atoms with Gasteiger partial charge in [-0.2, -0.15) is 0 Å². The fourth-order valence-electron chi connectivity index (χ4n) is 2.21. The molecule has 0 aliphatic carbocycles. The summed E-state index contributed by atoms with van der Waals surface area (Å²) in [6.07, 6.45) is 1.69. The smallest absolute Gasteiger partial charge is 0.308 e. The second kappa shape index (κ2) is 7.36. The lowest BCUT2D eigenvalue weighted by atomic mass is 10.0. The SMILES string of the molecule is CCC(CC)C(=O)N1CCOC(CC(=O)OC)C1. The van der Waals surface area contributed by atoms with Crippen molar-refractivity contribution in [2.45, 2.75) is 39.2 Å². The van der Waals surface area contributed by atoms with E-state index < -0.39 is 0 Å². The van der Waals surface area contributed by atoms with Crippen LogP contribution in [0.1, 0.15) is 33.1 Å². The lowest BCUT2D eigenvalue weighted by molar-refractivity contribution is -0.151. The third kappa shape index (κ3) is 3.98. The van der Waals surface area contributed by atoms with Gasteiger partial charge in [-0.1, -0.05) is 13.8 Å². The topological polar surface area (TPSA) is 55.8 Å². The third-order valence-corrected chi connectivity index (χ3v) is 3.41. The normalized spacial score (nSPS) is 20.0. The molecule has 0 aromatic carbocycles. The van der Waals surface area contributed by atoms with Crippen molar-refractivity contribution in [3.8, 4) is 0 Å². The molecule has 18 heavy (non-hydrogen) atoms. The van der Waals surface area contributed by atoms with E-state index in [4.69, 9.17) is 4.74 Å². The van der Waals surface area contributed by atoms with Crippen LogP contribution in [0, 0.1) is 5.92 Å². The van der Waals surface area contributed by atoms with Crippen LogP contribution in [-0.4, -0.2) is 49.7 Å². The van der Waals surface area contributed by atoms with Gasteiger partial charge in [0.05, 0.1) is 26.2 Å². The third-order valence-electron chi connectivity index (χ3n) is 3.41. The molecule has 0 saturated carbocycles. The van der Waals surface area contributed by atoms with Crippen molar-refractivity contribution < 1.29 is 19.1 Å². The van der Waals surface area contributed by atoms with E-state index in [0.717, 1.165) is 12.8 Å². The van der Waals surface area contributed by atoms with Crippen molar-refractivity contribution in [3.63, 3.8) is 0 Å². The van der Waals surface area contributed by atoms with Gasteiger partial charge in [0.1, 0.15) is 0 Å². The fraction of sp³-hybridized carbons (Fsp3) is 0.846. The summed E-state index contributed by atoms with van der Waals surface area (Å²) in [5, 5.41) is 0. The van der Waals surface area contributed by atoms with Crippen LogP contribution in [0.3, 0.4) is 0 Å². The molecule has 0 aromatic rings. The van der Waals surface area contributed by atoms with E-state index in [1.54, 1.807) is 0 Å². The quantitative estimate of drug-likeness (QED) is 0.695. The van der Waals surface area contributed by atoms with Crippen molar-refractivity contribution in [2.75, 3.05) is 26.8 Å². The Hall–Kier alpha value is -1.10. The maximum atomic E-state index is 12.2. The van der Waals surface area contributed by atoms with Crippen LogP contribution in [0.25, 0.3) is 0 Å². The minimum absolute atomic E-state index is 0.0851. The second-order valence-corrected chi connectivity index (χ2v) is 4.57. The molecule has 1 rings (SSSR count). The first-order valence-corrected chi connectivity index (χ1v) is 6.59. The van der Waals surface area contributed by atoms with E-state index in [1.807, 2.05) is 18.7 Å². The van der Waals surface area contributed by atoms with E-state index in [-0.39, 0.29) is 30.3 Å². The summed E-state index contributed by atoms with van der Waals surface area (Å²) in [4.78, 5) is 25.2. The summed E-state index contributed by atoms with van der Waals surface area (Å²) in [5.74, 6) is -0.0307. The molecule has 1 saturated heterocycles. The van der Waals surface area contributed by atoms with Gasteiger partial charge in [-0.05, 0) is 12.8 Å². The maximum Gasteiger partial charge on any atom is 0.308 e. The molecule has 1 aliphatic heterocycles. The number of amides is 1. The van der Waals surface area contributed by atoms with E-state index in [9.17, 15) is 9.59 Å². The van der Waals surface area contributed by atoms with Crippen LogP contribution < -0.4 is 0 Å². The Morgan fingerprint density at radius 3 is 2.61 bits per heavy atom. The highest BCUT2D eigenvalue weighted by molar-refractivity contribution is 5.79. The largest absolute Gasteiger partial charge is 0.469 e. The Labute approximate surface area is 108 Å². The molecule has 0 bridgehead atoms. The van der Waals surface area contributed by atoms with E-state index >= 15 is 0 Å². The van der Waals surface area contributed by atoms with E-state index in [0.29, 0.717) is 19.7 Å². The summed E-state index contributed by atoms with van der Waals surface area (Å²) in [7, 11) is 1.36. The van der Waals surface area contributed by atoms with Crippen LogP contribution in [0.4, 0.5) is 0 Å². The van der Waals surface area contributed by atoms with Crippen LogP contribution in [0.2, 0.25) is 0 Å². The molecule has 5 heteroatoms. The zero-order chi connectivity index (χ0) is 13.5. The Bertz CT molecular complexity index is 289. The fourth-order valence-corrected chi connectivity index (χ4v) is 2.21. The van der Waals surface area contributed by atoms with Crippen LogP contribution in [0.15, 0.2) is 0 Å². The number of nitrogens with zero attached hydrogens (tertiary/aromatic N) is 1. The highest BCUT2D eigenvalue weighted by Crippen LogP contribution is 2.16. The lowest BCUT2D eigenvalue weighted by Crippen LogP contribution is -2.48. The second-order valence-electron chi connectivity index (χ2n) is 4.57. The highest BCUT2D eigenvalue weighted by Gasteiger charge is 2.28. The summed E-state index contributed by atoms with van der Waals surface area (Å²) >= 11 is 0. The number of hydrogen-bond acceptors (Lipinski definition) is 4. The Balaban J connectivity index is 2.52. The van der Waals surface area contributed by atoms with E-state index in [1.165, 1.54) is 7.11 Å². The summed E-state index contributed by atoms with van der Waals surface area (Å²) in [6.45, 7) is 5.65. The zero-order valence-electron chi connectivity index (χ0n) is 11.5. The standard InChI is InChI=1S/C13H23NO4/c1-4-10(5-2)13(16)14-6-7-18-11(9-14)8-12(15)17-3/h10-11H,4-9H2,1-3H3. The molecule has 1 aliphatic rings. The number of carbonyl (C=O) groups is 2. The molecule has 0 spiro atoms.